The summed E-state index contributed by atoms with van der Waals surface area (Å²) in [5, 5.41) is 4.08. The summed E-state index contributed by atoms with van der Waals surface area (Å²) in [6.45, 7) is 9.00. The van der Waals surface area contributed by atoms with Gasteiger partial charge in [0.1, 0.15) is 17.0 Å². The second kappa shape index (κ2) is 11.8. The SMILES string of the molecule is CCN(CC)CCCCNC(=O)CCN(C)c1ncnc2sc(-c3ccccc3)cc12. The molecule has 0 aliphatic rings. The first-order valence-electron chi connectivity index (χ1n) is 11.1. The van der Waals surface area contributed by atoms with Crippen molar-refractivity contribution < 1.29 is 4.79 Å². The Morgan fingerprint density at radius 1 is 1.06 bits per heavy atom. The largest absolute Gasteiger partial charge is 0.359 e. The monoisotopic (exact) mass is 439 g/mol. The molecule has 0 radical (unpaired) electrons. The molecule has 166 valence electrons. The Balaban J connectivity index is 1.51. The smallest absolute Gasteiger partial charge is 0.221 e. The molecule has 3 aromatic rings. The molecule has 0 saturated heterocycles. The van der Waals surface area contributed by atoms with Crippen molar-refractivity contribution in [3.8, 4) is 10.4 Å². The summed E-state index contributed by atoms with van der Waals surface area (Å²) in [5.74, 6) is 0.964. The number of hydrogen-bond acceptors (Lipinski definition) is 6. The minimum absolute atomic E-state index is 0.0929. The summed E-state index contributed by atoms with van der Waals surface area (Å²) in [6.07, 6.45) is 4.19. The number of nitrogens with one attached hydrogen (secondary N) is 1. The first-order valence-corrected chi connectivity index (χ1v) is 11.9. The number of aromatic nitrogens is 2. The fraction of sp³-hybridized carbons (Fsp3) is 0.458. The summed E-state index contributed by atoms with van der Waals surface area (Å²) >= 11 is 1.67. The zero-order valence-corrected chi connectivity index (χ0v) is 19.6. The highest BCUT2D eigenvalue weighted by molar-refractivity contribution is 7.21. The van der Waals surface area contributed by atoms with Crippen LogP contribution in [0.25, 0.3) is 20.7 Å². The molecule has 31 heavy (non-hydrogen) atoms. The van der Waals surface area contributed by atoms with Gasteiger partial charge in [0.25, 0.3) is 0 Å². The molecule has 2 heterocycles. The first-order chi connectivity index (χ1) is 15.1. The Labute approximate surface area is 189 Å². The van der Waals surface area contributed by atoms with Crippen LogP contribution in [0.5, 0.6) is 0 Å². The number of amides is 1. The number of thiophene rings is 1. The fourth-order valence-corrected chi connectivity index (χ4v) is 4.58. The molecule has 1 amide bonds. The van der Waals surface area contributed by atoms with Crippen LogP contribution in [-0.2, 0) is 4.79 Å². The highest BCUT2D eigenvalue weighted by Gasteiger charge is 2.14. The van der Waals surface area contributed by atoms with Crippen LogP contribution in [0.1, 0.15) is 33.1 Å². The van der Waals surface area contributed by atoms with Crippen LogP contribution in [-0.4, -0.2) is 60.5 Å². The molecular weight excluding hydrogens is 406 g/mol. The molecule has 0 unspecified atom stereocenters. The van der Waals surface area contributed by atoms with Crippen molar-refractivity contribution in [1.29, 1.82) is 0 Å². The number of rotatable bonds is 12. The van der Waals surface area contributed by atoms with Crippen LogP contribution in [0.15, 0.2) is 42.7 Å². The fourth-order valence-electron chi connectivity index (χ4n) is 3.58. The number of hydrogen-bond donors (Lipinski definition) is 1. The van der Waals surface area contributed by atoms with E-state index in [-0.39, 0.29) is 5.91 Å². The zero-order valence-electron chi connectivity index (χ0n) is 18.8. The Hall–Kier alpha value is -2.51. The van der Waals surface area contributed by atoms with Gasteiger partial charge in [0.05, 0.1) is 5.39 Å². The number of fused-ring (bicyclic) bond motifs is 1. The number of benzene rings is 1. The molecular formula is C24H33N5OS. The van der Waals surface area contributed by atoms with Crippen molar-refractivity contribution in [2.45, 2.75) is 33.1 Å². The van der Waals surface area contributed by atoms with E-state index in [9.17, 15) is 4.79 Å². The highest BCUT2D eigenvalue weighted by atomic mass is 32.1. The van der Waals surface area contributed by atoms with E-state index >= 15 is 0 Å². The topological polar surface area (TPSA) is 61.4 Å². The van der Waals surface area contributed by atoms with Gasteiger partial charge in [-0.05, 0) is 44.1 Å². The molecule has 0 bridgehead atoms. The third kappa shape index (κ3) is 6.48. The first kappa shape index (κ1) is 23.2. The van der Waals surface area contributed by atoms with Gasteiger partial charge in [0, 0.05) is 31.4 Å². The normalized spacial score (nSPS) is 11.2. The zero-order chi connectivity index (χ0) is 22.1. The average Bonchev–Trinajstić information content (AvgIpc) is 3.25. The van der Waals surface area contributed by atoms with Gasteiger partial charge in [0.15, 0.2) is 0 Å². The Bertz CT molecular complexity index is 955. The van der Waals surface area contributed by atoms with E-state index in [1.807, 2.05) is 30.1 Å². The van der Waals surface area contributed by atoms with Gasteiger partial charge in [-0.1, -0.05) is 44.2 Å². The van der Waals surface area contributed by atoms with Crippen LogP contribution < -0.4 is 10.2 Å². The molecule has 0 aliphatic heterocycles. The predicted molar refractivity (Wildman–Crippen MR) is 131 cm³/mol. The Morgan fingerprint density at radius 3 is 2.58 bits per heavy atom. The lowest BCUT2D eigenvalue weighted by Gasteiger charge is -2.19. The molecule has 1 aromatic carbocycles. The van der Waals surface area contributed by atoms with Gasteiger partial charge in [-0.15, -0.1) is 11.3 Å². The molecule has 0 fully saturated rings. The van der Waals surface area contributed by atoms with Gasteiger partial charge in [-0.2, -0.15) is 0 Å². The van der Waals surface area contributed by atoms with Crippen molar-refractivity contribution in [2.24, 2.45) is 0 Å². The third-order valence-electron chi connectivity index (χ3n) is 5.52. The van der Waals surface area contributed by atoms with E-state index in [4.69, 9.17) is 0 Å². The van der Waals surface area contributed by atoms with E-state index < -0.39 is 0 Å². The molecule has 7 heteroatoms. The van der Waals surface area contributed by atoms with Crippen LogP contribution in [0.2, 0.25) is 0 Å². The summed E-state index contributed by atoms with van der Waals surface area (Å²) in [4.78, 5) is 27.8. The molecule has 6 nitrogen and oxygen atoms in total. The predicted octanol–water partition coefficient (Wildman–Crippen LogP) is 4.42. The second-order valence-corrected chi connectivity index (χ2v) is 8.68. The lowest BCUT2D eigenvalue weighted by Crippen LogP contribution is -2.30. The number of carbonyl (C=O) groups excluding carboxylic acids is 1. The average molecular weight is 440 g/mol. The summed E-state index contributed by atoms with van der Waals surface area (Å²) in [5.41, 5.74) is 1.18. The van der Waals surface area contributed by atoms with Crippen molar-refractivity contribution >= 4 is 33.3 Å². The highest BCUT2D eigenvalue weighted by Crippen LogP contribution is 2.35. The maximum atomic E-state index is 12.3. The number of carbonyl (C=O) groups is 1. The van der Waals surface area contributed by atoms with Crippen molar-refractivity contribution in [3.05, 3.63) is 42.7 Å². The number of unbranched alkanes of at least 4 members (excludes halogenated alkanes) is 1. The Kier molecular flexibility index (Phi) is 8.79. The minimum Gasteiger partial charge on any atom is -0.359 e. The minimum atomic E-state index is 0.0929. The van der Waals surface area contributed by atoms with E-state index in [2.05, 4.69) is 52.2 Å². The van der Waals surface area contributed by atoms with E-state index in [0.717, 1.165) is 55.1 Å². The second-order valence-electron chi connectivity index (χ2n) is 7.65. The van der Waals surface area contributed by atoms with E-state index in [1.54, 1.807) is 17.7 Å². The maximum absolute atomic E-state index is 12.3. The summed E-state index contributed by atoms with van der Waals surface area (Å²) in [7, 11) is 1.99. The maximum Gasteiger partial charge on any atom is 0.221 e. The lowest BCUT2D eigenvalue weighted by atomic mass is 10.2. The Morgan fingerprint density at radius 2 is 1.84 bits per heavy atom. The standard InChI is InChI=1S/C24H33N5OS/c1-4-29(5-2)15-10-9-14-25-22(30)13-16-28(3)23-20-17-21(19-11-7-6-8-12-19)31-24(20)27-18-26-23/h6-8,11-12,17-18H,4-5,9-10,13-16H2,1-3H3,(H,25,30). The van der Waals surface area contributed by atoms with Crippen molar-refractivity contribution in [2.75, 3.05) is 44.7 Å². The number of anilines is 1. The quantitative estimate of drug-likeness (QED) is 0.423. The third-order valence-corrected chi connectivity index (χ3v) is 6.61. The van der Waals surface area contributed by atoms with Gasteiger partial charge in [-0.3, -0.25) is 4.79 Å². The molecule has 1 N–H and O–H groups in total. The lowest BCUT2D eigenvalue weighted by molar-refractivity contribution is -0.120. The molecule has 0 spiro atoms. The van der Waals surface area contributed by atoms with Crippen LogP contribution >= 0.6 is 11.3 Å². The molecule has 2 aromatic heterocycles. The molecule has 0 saturated carbocycles. The number of nitrogens with zero attached hydrogens (tertiary/aromatic N) is 4. The molecule has 0 aliphatic carbocycles. The van der Waals surface area contributed by atoms with Crippen LogP contribution in [0, 0.1) is 0 Å². The van der Waals surface area contributed by atoms with Gasteiger partial charge < -0.3 is 15.1 Å². The molecule has 0 atom stereocenters. The van der Waals surface area contributed by atoms with Crippen molar-refractivity contribution in [1.82, 2.24) is 20.2 Å². The van der Waals surface area contributed by atoms with Gasteiger partial charge in [0.2, 0.25) is 5.91 Å². The summed E-state index contributed by atoms with van der Waals surface area (Å²) in [6, 6.07) is 12.5. The van der Waals surface area contributed by atoms with Crippen LogP contribution in [0.4, 0.5) is 5.82 Å². The van der Waals surface area contributed by atoms with Gasteiger partial charge in [-0.25, -0.2) is 9.97 Å². The van der Waals surface area contributed by atoms with Crippen molar-refractivity contribution in [3.63, 3.8) is 0 Å². The van der Waals surface area contributed by atoms with Crippen LogP contribution in [0.3, 0.4) is 0 Å². The molecule has 3 rings (SSSR count). The summed E-state index contributed by atoms with van der Waals surface area (Å²) < 4.78 is 0. The van der Waals surface area contributed by atoms with Gasteiger partial charge >= 0.3 is 0 Å². The van der Waals surface area contributed by atoms with E-state index in [0.29, 0.717) is 13.0 Å². The van der Waals surface area contributed by atoms with E-state index in [1.165, 1.54) is 10.4 Å².